The van der Waals surface area contributed by atoms with Crippen molar-refractivity contribution in [1.29, 1.82) is 0 Å². The molecule has 0 radical (unpaired) electrons. The molecule has 0 N–H and O–H groups in total. The molecular formula is C23H22FNO. The van der Waals surface area contributed by atoms with E-state index in [4.69, 9.17) is 4.42 Å². The average Bonchev–Trinajstić information content (AvgIpc) is 2.99. The van der Waals surface area contributed by atoms with Gasteiger partial charge in [-0.1, -0.05) is 51.1 Å². The van der Waals surface area contributed by atoms with Crippen molar-refractivity contribution < 1.29 is 8.81 Å². The van der Waals surface area contributed by atoms with Crippen molar-refractivity contribution in [2.75, 3.05) is 11.9 Å². The molecule has 0 aliphatic carbocycles. The molecule has 0 amide bonds. The Kier molecular flexibility index (Phi) is 3.76. The summed E-state index contributed by atoms with van der Waals surface area (Å²) < 4.78 is 19.7. The van der Waals surface area contributed by atoms with Gasteiger partial charge in [-0.05, 0) is 35.7 Å². The molecule has 0 saturated carbocycles. The van der Waals surface area contributed by atoms with Gasteiger partial charge in [0.05, 0.1) is 5.69 Å². The summed E-state index contributed by atoms with van der Waals surface area (Å²) in [6, 6.07) is 19.0. The number of hydrogen-bond donors (Lipinski definition) is 0. The van der Waals surface area contributed by atoms with E-state index >= 15 is 0 Å². The molecule has 0 spiro atoms. The zero-order valence-corrected chi connectivity index (χ0v) is 15.5. The zero-order valence-electron chi connectivity index (χ0n) is 15.5. The van der Waals surface area contributed by atoms with E-state index in [2.05, 4.69) is 45.0 Å². The molecule has 0 atom stereocenters. The number of rotatable bonds is 2. The third-order valence-electron chi connectivity index (χ3n) is 4.89. The van der Waals surface area contributed by atoms with Crippen LogP contribution in [0.1, 0.15) is 26.3 Å². The lowest BCUT2D eigenvalue weighted by Gasteiger charge is -2.20. The Morgan fingerprint density at radius 1 is 0.808 bits per heavy atom. The van der Waals surface area contributed by atoms with E-state index in [0.717, 1.165) is 33.3 Å². The fraction of sp³-hybridized carbons (Fsp3) is 0.217. The first-order chi connectivity index (χ1) is 12.4. The Labute approximate surface area is 152 Å². The summed E-state index contributed by atoms with van der Waals surface area (Å²) in [5, 5.41) is 2.22. The standard InChI is InChI=1S/C23H22FNO/c1-23(2,3)19-9-5-7-17-18-8-6-10-20(22(18)26-21(17)19)25(4)16-13-11-15(24)12-14-16/h5-14H,1-4H3. The summed E-state index contributed by atoms with van der Waals surface area (Å²) in [5.74, 6) is -0.237. The second-order valence-electron chi connectivity index (χ2n) is 7.72. The summed E-state index contributed by atoms with van der Waals surface area (Å²) in [4.78, 5) is 2.03. The minimum atomic E-state index is -0.237. The van der Waals surface area contributed by atoms with E-state index in [1.54, 1.807) is 12.1 Å². The molecule has 0 fully saturated rings. The third-order valence-corrected chi connectivity index (χ3v) is 4.89. The van der Waals surface area contributed by atoms with Crippen LogP contribution in [0.25, 0.3) is 21.9 Å². The first kappa shape index (κ1) is 16.6. The summed E-state index contributed by atoms with van der Waals surface area (Å²) >= 11 is 0. The molecule has 1 aromatic heterocycles. The first-order valence-corrected chi connectivity index (χ1v) is 8.80. The predicted molar refractivity (Wildman–Crippen MR) is 107 cm³/mol. The van der Waals surface area contributed by atoms with Gasteiger partial charge < -0.3 is 9.32 Å². The second-order valence-corrected chi connectivity index (χ2v) is 7.72. The fourth-order valence-corrected chi connectivity index (χ4v) is 3.46. The van der Waals surface area contributed by atoms with Crippen molar-refractivity contribution in [3.8, 4) is 0 Å². The van der Waals surface area contributed by atoms with Gasteiger partial charge in [-0.25, -0.2) is 4.39 Å². The Balaban J connectivity index is 1.96. The Hall–Kier alpha value is -2.81. The lowest BCUT2D eigenvalue weighted by atomic mass is 9.86. The maximum absolute atomic E-state index is 13.3. The maximum atomic E-state index is 13.3. The summed E-state index contributed by atoms with van der Waals surface area (Å²) in [7, 11) is 1.97. The summed E-state index contributed by atoms with van der Waals surface area (Å²) in [5.41, 5.74) is 4.86. The molecule has 0 aliphatic heterocycles. The molecule has 1 heterocycles. The number of halogens is 1. The van der Waals surface area contributed by atoms with Crippen LogP contribution in [0.4, 0.5) is 15.8 Å². The van der Waals surface area contributed by atoms with Crippen LogP contribution in [0.5, 0.6) is 0 Å². The molecule has 2 nitrogen and oxygen atoms in total. The quantitative estimate of drug-likeness (QED) is 0.397. The van der Waals surface area contributed by atoms with Gasteiger partial charge in [0, 0.05) is 29.1 Å². The number of anilines is 2. The molecule has 4 aromatic rings. The highest BCUT2D eigenvalue weighted by Gasteiger charge is 2.22. The topological polar surface area (TPSA) is 16.4 Å². The average molecular weight is 347 g/mol. The molecule has 26 heavy (non-hydrogen) atoms. The van der Waals surface area contributed by atoms with Crippen LogP contribution >= 0.6 is 0 Å². The fourth-order valence-electron chi connectivity index (χ4n) is 3.46. The monoisotopic (exact) mass is 347 g/mol. The highest BCUT2D eigenvalue weighted by atomic mass is 19.1. The molecule has 0 bridgehead atoms. The van der Waals surface area contributed by atoms with Gasteiger partial charge in [0.2, 0.25) is 0 Å². The third kappa shape index (κ3) is 2.64. The van der Waals surface area contributed by atoms with E-state index in [1.165, 1.54) is 17.7 Å². The minimum Gasteiger partial charge on any atom is -0.454 e. The highest BCUT2D eigenvalue weighted by Crippen LogP contribution is 2.40. The SMILES string of the molecule is CN(c1ccc(F)cc1)c1cccc2c1oc1c(C(C)(C)C)cccc12. The van der Waals surface area contributed by atoms with Gasteiger partial charge in [-0.15, -0.1) is 0 Å². The molecule has 0 aliphatic rings. The lowest BCUT2D eigenvalue weighted by molar-refractivity contribution is 0.573. The van der Waals surface area contributed by atoms with Crippen LogP contribution in [0, 0.1) is 5.82 Å². The normalized spacial score (nSPS) is 12.0. The smallest absolute Gasteiger partial charge is 0.159 e. The molecule has 0 saturated heterocycles. The van der Waals surface area contributed by atoms with Crippen molar-refractivity contribution in [2.24, 2.45) is 0 Å². The van der Waals surface area contributed by atoms with Crippen LogP contribution in [0.15, 0.2) is 65.1 Å². The van der Waals surface area contributed by atoms with Gasteiger partial charge in [0.1, 0.15) is 11.4 Å². The van der Waals surface area contributed by atoms with Crippen molar-refractivity contribution in [3.63, 3.8) is 0 Å². The summed E-state index contributed by atoms with van der Waals surface area (Å²) in [6.45, 7) is 6.58. The Morgan fingerprint density at radius 2 is 1.42 bits per heavy atom. The maximum Gasteiger partial charge on any atom is 0.159 e. The zero-order chi connectivity index (χ0) is 18.5. The molecule has 3 heteroatoms. The van der Waals surface area contributed by atoms with Crippen LogP contribution in [0.2, 0.25) is 0 Å². The van der Waals surface area contributed by atoms with Crippen molar-refractivity contribution in [1.82, 2.24) is 0 Å². The van der Waals surface area contributed by atoms with Crippen LogP contribution in [-0.2, 0) is 5.41 Å². The molecule has 0 unspecified atom stereocenters. The highest BCUT2D eigenvalue weighted by molar-refractivity contribution is 6.10. The van der Waals surface area contributed by atoms with Crippen molar-refractivity contribution in [3.05, 3.63) is 72.0 Å². The van der Waals surface area contributed by atoms with Gasteiger partial charge in [-0.2, -0.15) is 0 Å². The first-order valence-electron chi connectivity index (χ1n) is 8.80. The van der Waals surface area contributed by atoms with Crippen molar-refractivity contribution >= 4 is 33.3 Å². The second kappa shape index (κ2) is 5.87. The number of para-hydroxylation sites is 2. The molecule has 3 aromatic carbocycles. The number of furan rings is 1. The number of benzene rings is 3. The van der Waals surface area contributed by atoms with Gasteiger partial charge in [0.15, 0.2) is 5.58 Å². The molecule has 132 valence electrons. The van der Waals surface area contributed by atoms with Gasteiger partial charge in [0.25, 0.3) is 0 Å². The number of nitrogens with zero attached hydrogens (tertiary/aromatic N) is 1. The number of fused-ring (bicyclic) bond motifs is 3. The van der Waals surface area contributed by atoms with E-state index < -0.39 is 0 Å². The van der Waals surface area contributed by atoms with Gasteiger partial charge in [-0.3, -0.25) is 0 Å². The van der Waals surface area contributed by atoms with Gasteiger partial charge >= 0.3 is 0 Å². The lowest BCUT2D eigenvalue weighted by Crippen LogP contribution is -2.11. The Morgan fingerprint density at radius 3 is 2.08 bits per heavy atom. The van der Waals surface area contributed by atoms with Crippen LogP contribution < -0.4 is 4.90 Å². The van der Waals surface area contributed by atoms with E-state index in [1.807, 2.05) is 24.1 Å². The summed E-state index contributed by atoms with van der Waals surface area (Å²) in [6.07, 6.45) is 0. The largest absolute Gasteiger partial charge is 0.454 e. The Bertz CT molecular complexity index is 1090. The minimum absolute atomic E-state index is 0.00356. The molecular weight excluding hydrogens is 325 g/mol. The van der Waals surface area contributed by atoms with Crippen LogP contribution in [0.3, 0.4) is 0 Å². The molecule has 4 rings (SSSR count). The predicted octanol–water partition coefficient (Wildman–Crippen LogP) is 6.79. The van der Waals surface area contributed by atoms with Crippen LogP contribution in [-0.4, -0.2) is 7.05 Å². The van der Waals surface area contributed by atoms with E-state index in [9.17, 15) is 4.39 Å². The van der Waals surface area contributed by atoms with E-state index in [-0.39, 0.29) is 11.2 Å². The number of hydrogen-bond acceptors (Lipinski definition) is 2. The van der Waals surface area contributed by atoms with E-state index in [0.29, 0.717) is 0 Å². The van der Waals surface area contributed by atoms with Crippen molar-refractivity contribution in [2.45, 2.75) is 26.2 Å².